The lowest BCUT2D eigenvalue weighted by atomic mass is 9.46. The molecule has 1 saturated carbocycles. The molecule has 2 bridgehead atoms. The van der Waals surface area contributed by atoms with Gasteiger partial charge < -0.3 is 0 Å². The number of allylic oxidation sites excluding steroid dienone is 2. The smallest absolute Gasteiger partial charge is 0.0166 e. The van der Waals surface area contributed by atoms with Crippen LogP contribution in [0.25, 0.3) is 0 Å². The Morgan fingerprint density at radius 2 is 0.650 bits per heavy atom. The second-order valence-electron chi connectivity index (χ2n) is 8.83. The SMILES string of the molecule is CC(C)C1C2C=CC(C1C(C)C)C(C(C)C)C2C(C)C. The molecule has 0 nitrogen and oxygen atoms in total. The van der Waals surface area contributed by atoms with Gasteiger partial charge in [0, 0.05) is 0 Å². The van der Waals surface area contributed by atoms with Gasteiger partial charge in [0.25, 0.3) is 0 Å². The minimum absolute atomic E-state index is 0.814. The third-order valence-corrected chi connectivity index (χ3v) is 6.30. The van der Waals surface area contributed by atoms with E-state index in [0.29, 0.717) is 0 Å². The van der Waals surface area contributed by atoms with Gasteiger partial charge in [-0.25, -0.2) is 0 Å². The molecule has 20 heavy (non-hydrogen) atoms. The second kappa shape index (κ2) is 5.85. The number of rotatable bonds is 4. The van der Waals surface area contributed by atoms with E-state index in [1.165, 1.54) is 0 Å². The van der Waals surface area contributed by atoms with Crippen LogP contribution in [0.1, 0.15) is 55.4 Å². The largest absolute Gasteiger partial charge is 0.0845 e. The lowest BCUT2D eigenvalue weighted by Crippen LogP contribution is -2.54. The number of hydrogen-bond acceptors (Lipinski definition) is 0. The van der Waals surface area contributed by atoms with E-state index < -0.39 is 0 Å². The van der Waals surface area contributed by atoms with E-state index in [1.54, 1.807) is 0 Å². The molecule has 0 aromatic carbocycles. The standard InChI is InChI=1S/C20H36/c1-11(2)17-15-9-10-16(18(17)12(3)4)20(14(7)8)19(15)13(5)6/h9-20H,1-8H3. The zero-order valence-corrected chi connectivity index (χ0v) is 14.9. The molecule has 3 aliphatic rings. The highest BCUT2D eigenvalue weighted by Crippen LogP contribution is 2.59. The Labute approximate surface area is 127 Å². The fraction of sp³-hybridized carbons (Fsp3) is 0.900. The van der Waals surface area contributed by atoms with E-state index >= 15 is 0 Å². The van der Waals surface area contributed by atoms with Gasteiger partial charge in [0.1, 0.15) is 0 Å². The van der Waals surface area contributed by atoms with Crippen LogP contribution in [0.2, 0.25) is 0 Å². The Bertz CT molecular complexity index is 285. The van der Waals surface area contributed by atoms with E-state index in [-0.39, 0.29) is 0 Å². The van der Waals surface area contributed by atoms with Gasteiger partial charge in [-0.2, -0.15) is 0 Å². The van der Waals surface area contributed by atoms with Crippen molar-refractivity contribution < 1.29 is 0 Å². The van der Waals surface area contributed by atoms with Crippen molar-refractivity contribution >= 4 is 0 Å². The Morgan fingerprint density at radius 1 is 0.450 bits per heavy atom. The van der Waals surface area contributed by atoms with E-state index in [2.05, 4.69) is 67.5 Å². The molecule has 116 valence electrons. The third-order valence-electron chi connectivity index (χ3n) is 6.30. The normalized spacial score (nSPS) is 40.6. The van der Waals surface area contributed by atoms with Crippen LogP contribution >= 0.6 is 0 Å². The number of fused-ring (bicyclic) bond motifs is 2. The highest BCUT2D eigenvalue weighted by atomic mass is 14.6. The zero-order chi connectivity index (χ0) is 15.2. The number of hydrogen-bond donors (Lipinski definition) is 0. The quantitative estimate of drug-likeness (QED) is 0.561. The lowest BCUT2D eigenvalue weighted by Gasteiger charge is -2.59. The first kappa shape index (κ1) is 16.1. The molecule has 0 aromatic rings. The molecule has 0 aliphatic heterocycles. The molecule has 0 N–H and O–H groups in total. The molecular formula is C20H36. The van der Waals surface area contributed by atoms with Crippen LogP contribution in [-0.2, 0) is 0 Å². The molecule has 0 amide bonds. The van der Waals surface area contributed by atoms with Crippen molar-refractivity contribution in [2.45, 2.75) is 55.4 Å². The summed E-state index contributed by atoms with van der Waals surface area (Å²) < 4.78 is 0. The predicted molar refractivity (Wildman–Crippen MR) is 89.4 cm³/mol. The van der Waals surface area contributed by atoms with Crippen molar-refractivity contribution in [3.05, 3.63) is 12.2 Å². The molecule has 0 radical (unpaired) electrons. The van der Waals surface area contributed by atoms with E-state index in [1.807, 2.05) is 0 Å². The average molecular weight is 277 g/mol. The van der Waals surface area contributed by atoms with Crippen molar-refractivity contribution in [1.29, 1.82) is 0 Å². The van der Waals surface area contributed by atoms with Crippen LogP contribution in [-0.4, -0.2) is 0 Å². The summed E-state index contributed by atoms with van der Waals surface area (Å²) in [5.41, 5.74) is 0. The fourth-order valence-electron chi connectivity index (χ4n) is 5.86. The first-order valence-corrected chi connectivity index (χ1v) is 8.95. The highest BCUT2D eigenvalue weighted by Gasteiger charge is 2.53. The molecule has 0 heterocycles. The van der Waals surface area contributed by atoms with Gasteiger partial charge >= 0.3 is 0 Å². The van der Waals surface area contributed by atoms with Gasteiger partial charge in [0.15, 0.2) is 0 Å². The minimum atomic E-state index is 0.814. The van der Waals surface area contributed by atoms with E-state index in [9.17, 15) is 0 Å². The molecular weight excluding hydrogens is 240 g/mol. The highest BCUT2D eigenvalue weighted by molar-refractivity contribution is 5.16. The monoisotopic (exact) mass is 276 g/mol. The molecule has 0 heteroatoms. The van der Waals surface area contributed by atoms with Crippen LogP contribution in [0.4, 0.5) is 0 Å². The first-order valence-electron chi connectivity index (χ1n) is 8.95. The second-order valence-corrected chi connectivity index (χ2v) is 8.83. The summed E-state index contributed by atoms with van der Waals surface area (Å²) in [4.78, 5) is 0. The Balaban J connectivity index is 2.45. The van der Waals surface area contributed by atoms with E-state index in [0.717, 1.165) is 59.2 Å². The molecule has 1 fully saturated rings. The molecule has 4 atom stereocenters. The van der Waals surface area contributed by atoms with Gasteiger partial charge in [0.05, 0.1) is 0 Å². The van der Waals surface area contributed by atoms with Crippen molar-refractivity contribution in [1.82, 2.24) is 0 Å². The third kappa shape index (κ3) is 2.48. The summed E-state index contributed by atoms with van der Waals surface area (Å²) in [5.74, 6) is 8.48. The topological polar surface area (TPSA) is 0 Å². The lowest BCUT2D eigenvalue weighted by molar-refractivity contribution is -0.0708. The van der Waals surface area contributed by atoms with Gasteiger partial charge in [-0.1, -0.05) is 67.5 Å². The maximum Gasteiger partial charge on any atom is -0.0166 e. The van der Waals surface area contributed by atoms with Crippen molar-refractivity contribution in [3.8, 4) is 0 Å². The van der Waals surface area contributed by atoms with Crippen molar-refractivity contribution in [3.63, 3.8) is 0 Å². The average Bonchev–Trinajstić information content (AvgIpc) is 2.36. The molecule has 3 aliphatic carbocycles. The molecule has 0 aromatic heterocycles. The van der Waals surface area contributed by atoms with Crippen LogP contribution in [0.15, 0.2) is 12.2 Å². The first-order chi connectivity index (χ1) is 9.27. The van der Waals surface area contributed by atoms with Crippen molar-refractivity contribution in [2.24, 2.45) is 59.2 Å². The van der Waals surface area contributed by atoms with Crippen LogP contribution in [0.5, 0.6) is 0 Å². The summed E-state index contributed by atoms with van der Waals surface area (Å²) >= 11 is 0. The fourth-order valence-corrected chi connectivity index (χ4v) is 5.86. The summed E-state index contributed by atoms with van der Waals surface area (Å²) in [6.07, 6.45) is 5.22. The Morgan fingerprint density at radius 3 is 0.800 bits per heavy atom. The van der Waals surface area contributed by atoms with Crippen LogP contribution in [0.3, 0.4) is 0 Å². The summed E-state index contributed by atoms with van der Waals surface area (Å²) in [7, 11) is 0. The van der Waals surface area contributed by atoms with Crippen molar-refractivity contribution in [2.75, 3.05) is 0 Å². The molecule has 4 unspecified atom stereocenters. The Hall–Kier alpha value is -0.260. The van der Waals surface area contributed by atoms with Gasteiger partial charge in [-0.3, -0.25) is 0 Å². The molecule has 0 spiro atoms. The minimum Gasteiger partial charge on any atom is -0.0845 e. The van der Waals surface area contributed by atoms with Gasteiger partial charge in [-0.15, -0.1) is 0 Å². The predicted octanol–water partition coefficient (Wildman–Crippen LogP) is 5.89. The van der Waals surface area contributed by atoms with E-state index in [4.69, 9.17) is 0 Å². The zero-order valence-electron chi connectivity index (χ0n) is 14.9. The molecule has 3 rings (SSSR count). The summed E-state index contributed by atoms with van der Waals surface area (Å²) in [6, 6.07) is 0. The molecule has 0 saturated heterocycles. The van der Waals surface area contributed by atoms with Crippen LogP contribution in [0, 0.1) is 59.2 Å². The van der Waals surface area contributed by atoms with Crippen LogP contribution < -0.4 is 0 Å². The van der Waals surface area contributed by atoms with Gasteiger partial charge in [-0.05, 0) is 59.2 Å². The van der Waals surface area contributed by atoms with Gasteiger partial charge in [0.2, 0.25) is 0 Å². The maximum absolute atomic E-state index is 2.61. The maximum atomic E-state index is 2.61. The summed E-state index contributed by atoms with van der Waals surface area (Å²) in [6.45, 7) is 19.6. The summed E-state index contributed by atoms with van der Waals surface area (Å²) in [5, 5.41) is 0. The Kier molecular flexibility index (Phi) is 4.72.